The minimum atomic E-state index is -1.83. The lowest BCUT2D eigenvalue weighted by atomic mass is 9.95. The Hall–Kier alpha value is -2.26. The number of fused-ring (bicyclic) bond motifs is 1. The highest BCUT2D eigenvalue weighted by atomic mass is 32.1. The number of anilines is 1. The molecule has 7 nitrogen and oxygen atoms in total. The molecule has 0 unspecified atom stereocenters. The zero-order valence-corrected chi connectivity index (χ0v) is 18.3. The van der Waals surface area contributed by atoms with E-state index in [0.29, 0.717) is 5.92 Å². The van der Waals surface area contributed by atoms with Gasteiger partial charge in [-0.1, -0.05) is 6.08 Å². The second-order valence-electron chi connectivity index (χ2n) is 7.86. The van der Waals surface area contributed by atoms with Crippen LogP contribution in [0.4, 0.5) is 9.80 Å². The summed E-state index contributed by atoms with van der Waals surface area (Å²) in [6.45, 7) is 0. The van der Waals surface area contributed by atoms with E-state index in [1.807, 2.05) is 0 Å². The summed E-state index contributed by atoms with van der Waals surface area (Å²) in [7, 11) is 0. The molecule has 0 saturated heterocycles. The Balaban J connectivity index is 0.000000503. The Kier molecular flexibility index (Phi) is 6.48. The molecule has 1 fully saturated rings. The highest BCUT2D eigenvalue weighted by Crippen LogP contribution is 2.46. The first-order valence-corrected chi connectivity index (χ1v) is 12.0. The number of carbonyl (C=O) groups excluding carboxylic acids is 1. The first-order valence-electron chi connectivity index (χ1n) is 10.4. The average Bonchev–Trinajstić information content (AvgIpc) is 3.36. The second kappa shape index (κ2) is 9.26. The van der Waals surface area contributed by atoms with Crippen molar-refractivity contribution in [2.45, 2.75) is 70.1 Å². The number of carboxylic acid groups (broad SMARTS) is 2. The van der Waals surface area contributed by atoms with Crippen LogP contribution in [0.25, 0.3) is 10.6 Å². The molecule has 3 aliphatic rings. The SMILES string of the molecule is O=C(Nc1sc2c(c1-c1nc(C3CC3)ns1)CCCC2)C1=CCCCC1.O=C(O)O. The van der Waals surface area contributed by atoms with E-state index in [0.717, 1.165) is 53.5 Å². The van der Waals surface area contributed by atoms with E-state index in [9.17, 15) is 4.79 Å². The van der Waals surface area contributed by atoms with Gasteiger partial charge < -0.3 is 15.5 Å². The van der Waals surface area contributed by atoms with Crippen LogP contribution in [0.3, 0.4) is 0 Å². The van der Waals surface area contributed by atoms with Crippen LogP contribution in [0.1, 0.15) is 73.5 Å². The molecular weight excluding hydrogens is 422 g/mol. The third-order valence-electron chi connectivity index (χ3n) is 5.58. The summed E-state index contributed by atoms with van der Waals surface area (Å²) < 4.78 is 4.60. The van der Waals surface area contributed by atoms with Crippen LogP contribution >= 0.6 is 22.9 Å². The van der Waals surface area contributed by atoms with Crippen molar-refractivity contribution in [2.75, 3.05) is 5.32 Å². The molecule has 0 atom stereocenters. The number of thiophene rings is 1. The molecule has 3 aliphatic carbocycles. The van der Waals surface area contributed by atoms with E-state index in [-0.39, 0.29) is 5.91 Å². The van der Waals surface area contributed by atoms with Gasteiger partial charge in [-0.25, -0.2) is 9.78 Å². The maximum Gasteiger partial charge on any atom is 0.503 e. The van der Waals surface area contributed by atoms with Crippen LogP contribution in [-0.2, 0) is 17.6 Å². The van der Waals surface area contributed by atoms with Crippen molar-refractivity contribution < 1.29 is 19.8 Å². The van der Waals surface area contributed by atoms with Crippen LogP contribution < -0.4 is 5.32 Å². The summed E-state index contributed by atoms with van der Waals surface area (Å²) >= 11 is 3.27. The topological polar surface area (TPSA) is 112 Å². The van der Waals surface area contributed by atoms with E-state index in [1.165, 1.54) is 59.6 Å². The second-order valence-corrected chi connectivity index (χ2v) is 9.72. The first kappa shape index (κ1) is 21.0. The Labute approximate surface area is 183 Å². The van der Waals surface area contributed by atoms with Crippen molar-refractivity contribution in [3.05, 3.63) is 27.9 Å². The van der Waals surface area contributed by atoms with Crippen LogP contribution in [-0.4, -0.2) is 31.6 Å². The summed E-state index contributed by atoms with van der Waals surface area (Å²) in [5.41, 5.74) is 3.52. The lowest BCUT2D eigenvalue weighted by Crippen LogP contribution is -2.15. The predicted molar refractivity (Wildman–Crippen MR) is 118 cm³/mol. The van der Waals surface area contributed by atoms with Gasteiger partial charge in [0.2, 0.25) is 0 Å². The van der Waals surface area contributed by atoms with Crippen molar-refractivity contribution in [2.24, 2.45) is 0 Å². The van der Waals surface area contributed by atoms with Gasteiger partial charge in [-0.15, -0.1) is 11.3 Å². The molecule has 2 heterocycles. The van der Waals surface area contributed by atoms with Crippen LogP contribution in [0.5, 0.6) is 0 Å². The van der Waals surface area contributed by atoms with E-state index >= 15 is 0 Å². The number of amides is 1. The fourth-order valence-corrected chi connectivity index (χ4v) is 6.12. The minimum absolute atomic E-state index is 0.0801. The predicted octanol–water partition coefficient (Wildman–Crippen LogP) is 5.68. The molecule has 5 rings (SSSR count). The Bertz CT molecular complexity index is 971. The van der Waals surface area contributed by atoms with Crippen molar-refractivity contribution in [3.8, 4) is 10.6 Å². The molecule has 0 bridgehead atoms. The molecule has 0 aliphatic heterocycles. The molecule has 0 aromatic carbocycles. The van der Waals surface area contributed by atoms with Gasteiger partial charge >= 0.3 is 6.16 Å². The fraction of sp³-hybridized carbons (Fsp3) is 0.524. The van der Waals surface area contributed by atoms with Gasteiger partial charge in [0.25, 0.3) is 5.91 Å². The van der Waals surface area contributed by atoms with Crippen LogP contribution in [0.2, 0.25) is 0 Å². The standard InChI is InChI=1S/C20H23N3OS2.CH2O3/c24-18(13-6-2-1-3-7-13)22-19-16(14-8-4-5-9-15(14)25-19)20-21-17(23-26-20)12-10-11-12;2-1(3)4/h6,12H,1-5,7-11H2,(H,22,24);(H2,2,3,4). The van der Waals surface area contributed by atoms with Gasteiger partial charge in [0.05, 0.1) is 5.56 Å². The molecule has 160 valence electrons. The van der Waals surface area contributed by atoms with Crippen molar-refractivity contribution >= 4 is 39.9 Å². The number of nitrogens with zero attached hydrogens (tertiary/aromatic N) is 2. The van der Waals surface area contributed by atoms with Crippen LogP contribution in [0, 0.1) is 0 Å². The number of hydrogen-bond donors (Lipinski definition) is 3. The Morgan fingerprint density at radius 3 is 2.50 bits per heavy atom. The number of aryl methyl sites for hydroxylation is 1. The zero-order valence-electron chi connectivity index (χ0n) is 16.6. The summed E-state index contributed by atoms with van der Waals surface area (Å²) in [6.07, 6.45) is 11.6. The molecule has 30 heavy (non-hydrogen) atoms. The molecule has 0 spiro atoms. The lowest BCUT2D eigenvalue weighted by molar-refractivity contribution is -0.113. The van der Waals surface area contributed by atoms with Gasteiger partial charge in [-0.2, -0.15) is 4.37 Å². The summed E-state index contributed by atoms with van der Waals surface area (Å²) in [4.78, 5) is 27.6. The number of carbonyl (C=O) groups is 2. The molecule has 0 radical (unpaired) electrons. The van der Waals surface area contributed by atoms with E-state index in [1.54, 1.807) is 11.3 Å². The Morgan fingerprint density at radius 2 is 1.80 bits per heavy atom. The fourth-order valence-electron chi connectivity index (χ4n) is 3.95. The lowest BCUT2D eigenvalue weighted by Gasteiger charge is -2.13. The van der Waals surface area contributed by atoms with Crippen LogP contribution in [0.15, 0.2) is 11.6 Å². The molecule has 3 N–H and O–H groups in total. The van der Waals surface area contributed by atoms with Gasteiger partial charge in [-0.05, 0) is 81.3 Å². The summed E-state index contributed by atoms with van der Waals surface area (Å²) in [5, 5.41) is 19.2. The van der Waals surface area contributed by atoms with E-state index in [4.69, 9.17) is 20.0 Å². The largest absolute Gasteiger partial charge is 0.503 e. The van der Waals surface area contributed by atoms with Crippen molar-refractivity contribution in [1.29, 1.82) is 0 Å². The summed E-state index contributed by atoms with van der Waals surface area (Å²) in [6, 6.07) is 0. The number of aromatic nitrogens is 2. The van der Waals surface area contributed by atoms with Gasteiger partial charge in [0, 0.05) is 16.4 Å². The average molecular weight is 448 g/mol. The number of nitrogens with one attached hydrogen (secondary N) is 1. The maximum absolute atomic E-state index is 12.8. The zero-order chi connectivity index (χ0) is 21.1. The number of hydrogen-bond acceptors (Lipinski definition) is 6. The minimum Gasteiger partial charge on any atom is -0.450 e. The molecule has 2 aromatic rings. The highest BCUT2D eigenvalue weighted by molar-refractivity contribution is 7.18. The molecule has 1 saturated carbocycles. The van der Waals surface area contributed by atoms with Crippen molar-refractivity contribution in [3.63, 3.8) is 0 Å². The molecular formula is C21H25N3O4S2. The Morgan fingerprint density at radius 1 is 1.07 bits per heavy atom. The maximum atomic E-state index is 12.8. The molecule has 2 aromatic heterocycles. The van der Waals surface area contributed by atoms with E-state index < -0.39 is 6.16 Å². The molecule has 1 amide bonds. The first-order chi connectivity index (χ1) is 14.5. The normalized spacial score (nSPS) is 17.9. The third-order valence-corrected chi connectivity index (χ3v) is 7.53. The highest BCUT2D eigenvalue weighted by Gasteiger charge is 2.30. The third kappa shape index (κ3) is 4.89. The van der Waals surface area contributed by atoms with Gasteiger partial charge in [0.1, 0.15) is 15.8 Å². The monoisotopic (exact) mass is 447 g/mol. The van der Waals surface area contributed by atoms with E-state index in [2.05, 4.69) is 15.8 Å². The molecule has 9 heteroatoms. The quantitative estimate of drug-likeness (QED) is 0.555. The smallest absolute Gasteiger partial charge is 0.450 e. The van der Waals surface area contributed by atoms with Gasteiger partial charge in [0.15, 0.2) is 0 Å². The number of rotatable bonds is 4. The van der Waals surface area contributed by atoms with Gasteiger partial charge in [-0.3, -0.25) is 4.79 Å². The number of allylic oxidation sites excluding steroid dienone is 1. The van der Waals surface area contributed by atoms with Crippen molar-refractivity contribution in [1.82, 2.24) is 9.36 Å². The summed E-state index contributed by atoms with van der Waals surface area (Å²) in [5.74, 6) is 1.66.